The van der Waals surface area contributed by atoms with Crippen molar-refractivity contribution in [2.24, 2.45) is 5.73 Å². The Balaban J connectivity index is 4.33. The van der Waals surface area contributed by atoms with Gasteiger partial charge in [0.25, 0.3) is 0 Å². The quantitative estimate of drug-likeness (QED) is 0.304. The van der Waals surface area contributed by atoms with Crippen LogP contribution in [-0.4, -0.2) is 56.1 Å². The minimum absolute atomic E-state index is 0.586. The van der Waals surface area contributed by atoms with Crippen molar-refractivity contribution < 1.29 is 25.2 Å². The van der Waals surface area contributed by atoms with Gasteiger partial charge in [-0.2, -0.15) is 0 Å². The standard InChI is InChI=1S/C6H11NO5S/c7-6(13)5(12)4(11)3(10)2(9)1-8/h2-4,8-11H,1H2,(H2,7,13)/t2-,3-,4-/m1/s1. The maximum atomic E-state index is 10.8. The van der Waals surface area contributed by atoms with Crippen molar-refractivity contribution in [3.05, 3.63) is 0 Å². The van der Waals surface area contributed by atoms with Crippen LogP contribution in [0.2, 0.25) is 0 Å². The fraction of sp³-hybridized carbons (Fsp3) is 0.667. The van der Waals surface area contributed by atoms with E-state index in [1.165, 1.54) is 0 Å². The van der Waals surface area contributed by atoms with E-state index in [9.17, 15) is 4.79 Å². The monoisotopic (exact) mass is 209 g/mol. The van der Waals surface area contributed by atoms with E-state index in [4.69, 9.17) is 26.2 Å². The molecule has 0 heterocycles. The third kappa shape index (κ3) is 3.33. The molecule has 13 heavy (non-hydrogen) atoms. The van der Waals surface area contributed by atoms with Gasteiger partial charge >= 0.3 is 0 Å². The molecule has 0 aliphatic carbocycles. The zero-order chi connectivity index (χ0) is 10.6. The molecular formula is C6H11NO5S. The van der Waals surface area contributed by atoms with Crippen LogP contribution in [0.5, 0.6) is 0 Å². The predicted molar refractivity (Wildman–Crippen MR) is 46.9 cm³/mol. The highest BCUT2D eigenvalue weighted by Crippen LogP contribution is 2.01. The summed E-state index contributed by atoms with van der Waals surface area (Å²) in [5.74, 6) is -1.05. The summed E-state index contributed by atoms with van der Waals surface area (Å²) in [6, 6.07) is 0. The molecule has 0 spiro atoms. The first kappa shape index (κ1) is 12.4. The van der Waals surface area contributed by atoms with Crippen molar-refractivity contribution in [2.75, 3.05) is 6.61 Å². The van der Waals surface area contributed by atoms with E-state index in [0.29, 0.717) is 0 Å². The fourth-order valence-corrected chi connectivity index (χ4v) is 0.740. The van der Waals surface area contributed by atoms with Gasteiger partial charge < -0.3 is 26.2 Å². The van der Waals surface area contributed by atoms with Crippen LogP contribution in [0.1, 0.15) is 0 Å². The van der Waals surface area contributed by atoms with E-state index in [0.717, 1.165) is 0 Å². The number of ketones is 1. The SMILES string of the molecule is NC(=S)C(=O)[C@H](O)[C@H](O)[C@H](O)CO. The van der Waals surface area contributed by atoms with Crippen LogP contribution in [-0.2, 0) is 4.79 Å². The van der Waals surface area contributed by atoms with Crippen LogP contribution in [0.4, 0.5) is 0 Å². The van der Waals surface area contributed by atoms with Crippen LogP contribution in [0, 0.1) is 0 Å². The summed E-state index contributed by atoms with van der Waals surface area (Å²) < 4.78 is 0. The van der Waals surface area contributed by atoms with E-state index >= 15 is 0 Å². The molecule has 0 aliphatic heterocycles. The maximum Gasteiger partial charge on any atom is 0.220 e. The smallest absolute Gasteiger partial charge is 0.220 e. The van der Waals surface area contributed by atoms with Gasteiger partial charge in [-0.25, -0.2) is 0 Å². The minimum Gasteiger partial charge on any atom is -0.394 e. The van der Waals surface area contributed by atoms with E-state index < -0.39 is 35.7 Å². The van der Waals surface area contributed by atoms with Crippen LogP contribution < -0.4 is 5.73 Å². The van der Waals surface area contributed by atoms with E-state index in [1.807, 2.05) is 0 Å². The van der Waals surface area contributed by atoms with Crippen molar-refractivity contribution in [3.8, 4) is 0 Å². The van der Waals surface area contributed by atoms with Crippen LogP contribution in [0.15, 0.2) is 0 Å². The molecule has 0 unspecified atom stereocenters. The lowest BCUT2D eigenvalue weighted by Gasteiger charge is -2.19. The highest BCUT2D eigenvalue weighted by Gasteiger charge is 2.30. The Morgan fingerprint density at radius 1 is 1.38 bits per heavy atom. The predicted octanol–water partition coefficient (Wildman–Crippen LogP) is -3.08. The average Bonchev–Trinajstić information content (AvgIpc) is 2.12. The highest BCUT2D eigenvalue weighted by molar-refractivity contribution is 7.82. The molecule has 0 aromatic heterocycles. The second-order valence-electron chi connectivity index (χ2n) is 2.41. The first-order valence-electron chi connectivity index (χ1n) is 3.40. The molecule has 6 N–H and O–H groups in total. The van der Waals surface area contributed by atoms with Gasteiger partial charge in [0.15, 0.2) is 0 Å². The molecule has 3 atom stereocenters. The van der Waals surface area contributed by atoms with Crippen molar-refractivity contribution in [3.63, 3.8) is 0 Å². The second-order valence-corrected chi connectivity index (χ2v) is 2.85. The number of hydrogen-bond acceptors (Lipinski definition) is 6. The van der Waals surface area contributed by atoms with Crippen LogP contribution in [0.3, 0.4) is 0 Å². The molecule has 0 rings (SSSR count). The number of aliphatic hydroxyl groups is 4. The third-order valence-corrected chi connectivity index (χ3v) is 1.62. The molecular weight excluding hydrogens is 198 g/mol. The second kappa shape index (κ2) is 5.20. The number of carbonyl (C=O) groups excluding carboxylic acids is 1. The van der Waals surface area contributed by atoms with Crippen molar-refractivity contribution in [1.82, 2.24) is 0 Å². The number of aliphatic hydroxyl groups excluding tert-OH is 4. The third-order valence-electron chi connectivity index (χ3n) is 1.42. The lowest BCUT2D eigenvalue weighted by atomic mass is 10.1. The number of nitrogens with two attached hydrogens (primary N) is 1. The molecule has 0 aromatic carbocycles. The molecule has 6 nitrogen and oxygen atoms in total. The Morgan fingerprint density at radius 2 is 1.85 bits per heavy atom. The van der Waals surface area contributed by atoms with E-state index in [2.05, 4.69) is 12.2 Å². The molecule has 0 saturated carbocycles. The lowest BCUT2D eigenvalue weighted by molar-refractivity contribution is -0.133. The number of thiocarbonyl (C=S) groups is 1. The molecule has 0 saturated heterocycles. The van der Waals surface area contributed by atoms with Crippen molar-refractivity contribution >= 4 is 23.0 Å². The average molecular weight is 209 g/mol. The molecule has 0 aromatic rings. The summed E-state index contributed by atoms with van der Waals surface area (Å²) in [5, 5.41) is 35.2. The zero-order valence-corrected chi connectivity index (χ0v) is 7.44. The Kier molecular flexibility index (Phi) is 4.96. The zero-order valence-electron chi connectivity index (χ0n) is 6.62. The number of carbonyl (C=O) groups is 1. The van der Waals surface area contributed by atoms with E-state index in [1.54, 1.807) is 0 Å². The summed E-state index contributed by atoms with van der Waals surface area (Å²) in [6.07, 6.45) is -5.30. The topological polar surface area (TPSA) is 124 Å². The number of Topliss-reactive ketones (excluding diaryl/α,β-unsaturated/α-hetero) is 1. The normalized spacial score (nSPS) is 17.5. The van der Waals surface area contributed by atoms with Gasteiger partial charge in [0.2, 0.25) is 5.78 Å². The summed E-state index contributed by atoms with van der Waals surface area (Å²) in [4.78, 5) is 10.2. The number of hydrogen-bond donors (Lipinski definition) is 5. The molecule has 76 valence electrons. The van der Waals surface area contributed by atoms with Crippen molar-refractivity contribution in [2.45, 2.75) is 18.3 Å². The van der Waals surface area contributed by atoms with Crippen LogP contribution in [0.25, 0.3) is 0 Å². The van der Waals surface area contributed by atoms with Gasteiger partial charge in [-0.15, -0.1) is 0 Å². The molecule has 0 bridgehead atoms. The maximum absolute atomic E-state index is 10.8. The van der Waals surface area contributed by atoms with E-state index in [-0.39, 0.29) is 0 Å². The molecule has 0 aliphatic rings. The van der Waals surface area contributed by atoms with Gasteiger partial charge in [0, 0.05) is 0 Å². The van der Waals surface area contributed by atoms with Crippen LogP contribution >= 0.6 is 12.2 Å². The summed E-state index contributed by atoms with van der Waals surface area (Å²) in [5.41, 5.74) is 4.88. The molecule has 7 heteroatoms. The van der Waals surface area contributed by atoms with Crippen molar-refractivity contribution in [1.29, 1.82) is 0 Å². The fourth-order valence-electron chi connectivity index (χ4n) is 0.619. The Labute approximate surface area is 79.6 Å². The number of rotatable bonds is 5. The molecule has 0 radical (unpaired) electrons. The van der Waals surface area contributed by atoms with Gasteiger partial charge in [0.1, 0.15) is 23.3 Å². The highest BCUT2D eigenvalue weighted by atomic mass is 32.1. The Bertz CT molecular complexity index is 209. The first-order chi connectivity index (χ1) is 5.91. The summed E-state index contributed by atoms with van der Waals surface area (Å²) in [7, 11) is 0. The van der Waals surface area contributed by atoms with Gasteiger partial charge in [-0.3, -0.25) is 4.79 Å². The minimum atomic E-state index is -1.90. The summed E-state index contributed by atoms with van der Waals surface area (Å²) in [6.45, 7) is -0.775. The molecule has 0 amide bonds. The molecule has 0 fully saturated rings. The Morgan fingerprint density at radius 3 is 2.15 bits per heavy atom. The Hall–Kier alpha value is -0.600. The van der Waals surface area contributed by atoms with Gasteiger partial charge in [0.05, 0.1) is 6.61 Å². The lowest BCUT2D eigenvalue weighted by Crippen LogP contribution is -2.47. The van der Waals surface area contributed by atoms with Gasteiger partial charge in [-0.1, -0.05) is 12.2 Å². The summed E-state index contributed by atoms with van der Waals surface area (Å²) >= 11 is 4.25. The largest absolute Gasteiger partial charge is 0.394 e. The van der Waals surface area contributed by atoms with Gasteiger partial charge in [-0.05, 0) is 0 Å². The first-order valence-corrected chi connectivity index (χ1v) is 3.81.